The smallest absolute Gasteiger partial charge is 0.317 e. The predicted octanol–water partition coefficient (Wildman–Crippen LogP) is 2.30. The van der Waals surface area contributed by atoms with Gasteiger partial charge in [0.05, 0.1) is 0 Å². The van der Waals surface area contributed by atoms with Gasteiger partial charge in [-0.3, -0.25) is 0 Å². The second-order valence-corrected chi connectivity index (χ2v) is 5.63. The molecule has 0 saturated carbocycles. The molecule has 1 N–H and O–H groups in total. The molecule has 4 nitrogen and oxygen atoms in total. The van der Waals surface area contributed by atoms with E-state index in [9.17, 15) is 4.79 Å². The first-order valence-electron chi connectivity index (χ1n) is 6.68. The summed E-state index contributed by atoms with van der Waals surface area (Å²) in [7, 11) is 0. The maximum absolute atomic E-state index is 12.0. The van der Waals surface area contributed by atoms with Gasteiger partial charge in [-0.25, -0.2) is 4.79 Å². The highest BCUT2D eigenvalue weighted by atomic mass is 79.9. The molecule has 0 spiro atoms. The standard InChI is InChI=1S/C14H20BrN3O/c1-2-17-6-8-18(9-7-17)14(19)16-11-12-4-3-5-13(15)10-12/h3-5,10H,2,6-9,11H2,1H3,(H,16,19). The Labute approximate surface area is 122 Å². The molecular weight excluding hydrogens is 306 g/mol. The molecule has 0 atom stereocenters. The number of hydrogen-bond acceptors (Lipinski definition) is 2. The summed E-state index contributed by atoms with van der Waals surface area (Å²) in [6, 6.07) is 8.03. The van der Waals surface area contributed by atoms with Crippen molar-refractivity contribution in [3.8, 4) is 0 Å². The molecule has 5 heteroatoms. The summed E-state index contributed by atoms with van der Waals surface area (Å²) in [5.41, 5.74) is 1.11. The average molecular weight is 326 g/mol. The fraction of sp³-hybridized carbons (Fsp3) is 0.500. The van der Waals surface area contributed by atoms with Crippen molar-refractivity contribution in [2.24, 2.45) is 0 Å². The summed E-state index contributed by atoms with van der Waals surface area (Å²) in [5, 5.41) is 2.98. The van der Waals surface area contributed by atoms with Gasteiger partial charge in [0.25, 0.3) is 0 Å². The minimum atomic E-state index is 0.0377. The van der Waals surface area contributed by atoms with Crippen LogP contribution in [0.3, 0.4) is 0 Å². The van der Waals surface area contributed by atoms with Crippen molar-refractivity contribution in [2.45, 2.75) is 13.5 Å². The summed E-state index contributed by atoms with van der Waals surface area (Å²) < 4.78 is 1.04. The Balaban J connectivity index is 1.79. The molecule has 0 aliphatic carbocycles. The second kappa shape index (κ2) is 6.91. The molecule has 1 saturated heterocycles. The van der Waals surface area contributed by atoms with Crippen LogP contribution in [0.2, 0.25) is 0 Å². The highest BCUT2D eigenvalue weighted by Crippen LogP contribution is 2.11. The van der Waals surface area contributed by atoms with Crippen LogP contribution in [0.5, 0.6) is 0 Å². The Bertz CT molecular complexity index is 430. The van der Waals surface area contributed by atoms with Gasteiger partial charge < -0.3 is 15.1 Å². The Hall–Kier alpha value is -1.07. The number of nitrogens with one attached hydrogen (secondary N) is 1. The van der Waals surface area contributed by atoms with E-state index in [0.29, 0.717) is 6.54 Å². The second-order valence-electron chi connectivity index (χ2n) is 4.71. The van der Waals surface area contributed by atoms with Gasteiger partial charge in [0.15, 0.2) is 0 Å². The summed E-state index contributed by atoms with van der Waals surface area (Å²) in [5.74, 6) is 0. The Morgan fingerprint density at radius 2 is 2.05 bits per heavy atom. The van der Waals surface area contributed by atoms with Crippen LogP contribution in [0, 0.1) is 0 Å². The third-order valence-electron chi connectivity index (χ3n) is 3.44. The maximum Gasteiger partial charge on any atom is 0.317 e. The van der Waals surface area contributed by atoms with Crippen molar-refractivity contribution >= 4 is 22.0 Å². The van der Waals surface area contributed by atoms with Gasteiger partial charge in [-0.2, -0.15) is 0 Å². The molecule has 0 aromatic heterocycles. The largest absolute Gasteiger partial charge is 0.334 e. The van der Waals surface area contributed by atoms with E-state index in [-0.39, 0.29) is 6.03 Å². The molecule has 1 aliphatic rings. The average Bonchev–Trinajstić information content (AvgIpc) is 2.45. The fourth-order valence-electron chi connectivity index (χ4n) is 2.20. The summed E-state index contributed by atoms with van der Waals surface area (Å²) in [6.07, 6.45) is 0. The maximum atomic E-state index is 12.0. The molecule has 0 unspecified atom stereocenters. The van der Waals surface area contributed by atoms with Crippen molar-refractivity contribution in [3.63, 3.8) is 0 Å². The number of halogens is 1. The molecule has 2 amide bonds. The van der Waals surface area contributed by atoms with Crippen LogP contribution in [0.4, 0.5) is 4.79 Å². The zero-order chi connectivity index (χ0) is 13.7. The number of amides is 2. The number of piperazine rings is 1. The molecule has 1 fully saturated rings. The lowest BCUT2D eigenvalue weighted by molar-refractivity contribution is 0.142. The number of hydrogen-bond donors (Lipinski definition) is 1. The van der Waals surface area contributed by atoms with Gasteiger partial charge in [0.1, 0.15) is 0 Å². The van der Waals surface area contributed by atoms with E-state index in [1.54, 1.807) is 0 Å². The molecule has 0 bridgehead atoms. The quantitative estimate of drug-likeness (QED) is 0.925. The number of likely N-dealkylation sites (N-methyl/N-ethyl adjacent to an activating group) is 1. The summed E-state index contributed by atoms with van der Waals surface area (Å²) >= 11 is 3.43. The normalized spacial score (nSPS) is 16.4. The summed E-state index contributed by atoms with van der Waals surface area (Å²) in [6.45, 7) is 7.38. The van der Waals surface area contributed by atoms with E-state index in [1.165, 1.54) is 0 Å². The SMILES string of the molecule is CCN1CCN(C(=O)NCc2cccc(Br)c2)CC1. The van der Waals surface area contributed by atoms with Crippen LogP contribution in [-0.4, -0.2) is 48.6 Å². The number of carbonyl (C=O) groups is 1. The zero-order valence-electron chi connectivity index (χ0n) is 11.2. The van der Waals surface area contributed by atoms with Crippen molar-refractivity contribution in [1.82, 2.24) is 15.1 Å². The van der Waals surface area contributed by atoms with E-state index < -0.39 is 0 Å². The molecular formula is C14H20BrN3O. The Morgan fingerprint density at radius 1 is 1.32 bits per heavy atom. The topological polar surface area (TPSA) is 35.6 Å². The van der Waals surface area contributed by atoms with Crippen LogP contribution in [0.25, 0.3) is 0 Å². The van der Waals surface area contributed by atoms with Crippen molar-refractivity contribution in [3.05, 3.63) is 34.3 Å². The van der Waals surface area contributed by atoms with Gasteiger partial charge >= 0.3 is 6.03 Å². The number of carbonyl (C=O) groups excluding carboxylic acids is 1. The van der Waals surface area contributed by atoms with E-state index in [1.807, 2.05) is 29.2 Å². The Kier molecular flexibility index (Phi) is 5.22. The van der Waals surface area contributed by atoms with Crippen LogP contribution in [0.15, 0.2) is 28.7 Å². The van der Waals surface area contributed by atoms with Crippen LogP contribution in [-0.2, 0) is 6.54 Å². The molecule has 1 aliphatic heterocycles. The van der Waals surface area contributed by atoms with Crippen molar-refractivity contribution in [2.75, 3.05) is 32.7 Å². The molecule has 19 heavy (non-hydrogen) atoms. The molecule has 0 radical (unpaired) electrons. The van der Waals surface area contributed by atoms with Crippen LogP contribution >= 0.6 is 15.9 Å². The lowest BCUT2D eigenvalue weighted by Crippen LogP contribution is -2.51. The molecule has 104 valence electrons. The Morgan fingerprint density at radius 3 is 2.68 bits per heavy atom. The van der Waals surface area contributed by atoms with E-state index >= 15 is 0 Å². The fourth-order valence-corrected chi connectivity index (χ4v) is 2.65. The van der Waals surface area contributed by atoms with Gasteiger partial charge in [-0.15, -0.1) is 0 Å². The first-order valence-corrected chi connectivity index (χ1v) is 7.48. The van der Waals surface area contributed by atoms with Crippen LogP contribution < -0.4 is 5.32 Å². The minimum absolute atomic E-state index is 0.0377. The highest BCUT2D eigenvalue weighted by Gasteiger charge is 2.19. The molecule has 1 aromatic carbocycles. The molecule has 1 aromatic rings. The van der Waals surface area contributed by atoms with Crippen molar-refractivity contribution < 1.29 is 4.79 Å². The predicted molar refractivity (Wildman–Crippen MR) is 80.1 cm³/mol. The van der Waals surface area contributed by atoms with Crippen LogP contribution in [0.1, 0.15) is 12.5 Å². The van der Waals surface area contributed by atoms with Gasteiger partial charge in [0.2, 0.25) is 0 Å². The third kappa shape index (κ3) is 4.21. The molecule has 1 heterocycles. The van der Waals surface area contributed by atoms with E-state index in [4.69, 9.17) is 0 Å². The number of nitrogens with zero attached hydrogens (tertiary/aromatic N) is 2. The number of benzene rings is 1. The monoisotopic (exact) mass is 325 g/mol. The number of rotatable bonds is 3. The first-order chi connectivity index (χ1) is 9.19. The zero-order valence-corrected chi connectivity index (χ0v) is 12.8. The minimum Gasteiger partial charge on any atom is -0.334 e. The lowest BCUT2D eigenvalue weighted by atomic mass is 10.2. The highest BCUT2D eigenvalue weighted by molar-refractivity contribution is 9.10. The summed E-state index contributed by atoms with van der Waals surface area (Å²) in [4.78, 5) is 16.3. The van der Waals surface area contributed by atoms with Gasteiger partial charge in [-0.1, -0.05) is 35.0 Å². The van der Waals surface area contributed by atoms with Gasteiger partial charge in [-0.05, 0) is 24.2 Å². The third-order valence-corrected chi connectivity index (χ3v) is 3.93. The number of urea groups is 1. The lowest BCUT2D eigenvalue weighted by Gasteiger charge is -2.34. The van der Waals surface area contributed by atoms with E-state index in [0.717, 1.165) is 42.8 Å². The van der Waals surface area contributed by atoms with Crippen molar-refractivity contribution in [1.29, 1.82) is 0 Å². The van der Waals surface area contributed by atoms with E-state index in [2.05, 4.69) is 33.1 Å². The van der Waals surface area contributed by atoms with Gasteiger partial charge in [0, 0.05) is 37.2 Å². The first kappa shape index (κ1) is 14.3. The molecule has 2 rings (SSSR count).